The van der Waals surface area contributed by atoms with Gasteiger partial charge in [0, 0.05) is 45.8 Å². The molecule has 1 rings (SSSR count). The number of likely N-dealkylation sites (N-methyl/N-ethyl adjacent to an activating group) is 1. The predicted molar refractivity (Wildman–Crippen MR) is 88.7 cm³/mol. The van der Waals surface area contributed by atoms with Crippen LogP contribution in [0, 0.1) is 0 Å². The number of hydrogen-bond donors (Lipinski definition) is 1. The van der Waals surface area contributed by atoms with E-state index >= 15 is 0 Å². The van der Waals surface area contributed by atoms with Crippen molar-refractivity contribution < 1.29 is 9.59 Å². The molecule has 128 valence electrons. The maximum Gasteiger partial charge on any atom is 0.236 e. The summed E-state index contributed by atoms with van der Waals surface area (Å²) in [5.74, 6) is 0.317. The number of amides is 2. The van der Waals surface area contributed by atoms with Crippen molar-refractivity contribution in [1.82, 2.24) is 20.0 Å². The van der Waals surface area contributed by atoms with E-state index in [0.29, 0.717) is 13.1 Å². The van der Waals surface area contributed by atoms with Crippen molar-refractivity contribution >= 4 is 11.8 Å². The number of nitrogens with one attached hydrogen (secondary N) is 1. The highest BCUT2D eigenvalue weighted by molar-refractivity contribution is 5.78. The minimum atomic E-state index is 0.112. The summed E-state index contributed by atoms with van der Waals surface area (Å²) >= 11 is 0. The molecule has 1 N–H and O–H groups in total. The highest BCUT2D eigenvalue weighted by atomic mass is 16.2. The third kappa shape index (κ3) is 6.75. The third-order valence-corrected chi connectivity index (χ3v) is 4.16. The Bertz CT molecular complexity index is 337. The average molecular weight is 312 g/mol. The summed E-state index contributed by atoms with van der Waals surface area (Å²) in [6.45, 7) is 12.8. The molecular weight excluding hydrogens is 280 g/mol. The number of hydrogen-bond acceptors (Lipinski definition) is 4. The normalized spacial score (nSPS) is 16.5. The number of unbranched alkanes of at least 4 members (excludes halogenated alkanes) is 1. The topological polar surface area (TPSA) is 55.9 Å². The molecule has 0 aromatic carbocycles. The van der Waals surface area contributed by atoms with Gasteiger partial charge in [-0.2, -0.15) is 0 Å². The van der Waals surface area contributed by atoms with Crippen molar-refractivity contribution in [1.29, 1.82) is 0 Å². The van der Waals surface area contributed by atoms with Gasteiger partial charge in [0.25, 0.3) is 0 Å². The van der Waals surface area contributed by atoms with Crippen molar-refractivity contribution in [3.8, 4) is 0 Å². The minimum Gasteiger partial charge on any atom is -0.355 e. The van der Waals surface area contributed by atoms with Crippen LogP contribution in [0.1, 0.15) is 33.6 Å². The van der Waals surface area contributed by atoms with Crippen molar-refractivity contribution in [2.24, 2.45) is 0 Å². The average Bonchev–Trinajstić information content (AvgIpc) is 2.51. The van der Waals surface area contributed by atoms with Crippen molar-refractivity contribution in [3.63, 3.8) is 0 Å². The molecule has 0 saturated carbocycles. The van der Waals surface area contributed by atoms with Gasteiger partial charge in [-0.05, 0) is 20.3 Å². The molecular formula is C16H32N4O2. The highest BCUT2D eigenvalue weighted by Gasteiger charge is 2.21. The van der Waals surface area contributed by atoms with E-state index in [1.54, 1.807) is 0 Å². The second-order valence-electron chi connectivity index (χ2n) is 5.82. The van der Waals surface area contributed by atoms with Crippen LogP contribution < -0.4 is 5.32 Å². The molecule has 0 aromatic heterocycles. The van der Waals surface area contributed by atoms with E-state index in [1.807, 2.05) is 18.7 Å². The Morgan fingerprint density at radius 3 is 2.00 bits per heavy atom. The first-order valence-electron chi connectivity index (χ1n) is 8.59. The van der Waals surface area contributed by atoms with Gasteiger partial charge in [0.15, 0.2) is 0 Å². The Hall–Kier alpha value is -1.14. The Balaban J connectivity index is 2.23. The van der Waals surface area contributed by atoms with Crippen LogP contribution in [0.5, 0.6) is 0 Å². The van der Waals surface area contributed by atoms with Gasteiger partial charge >= 0.3 is 0 Å². The molecule has 0 radical (unpaired) electrons. The lowest BCUT2D eigenvalue weighted by molar-refractivity contribution is -0.133. The van der Waals surface area contributed by atoms with Gasteiger partial charge in [-0.1, -0.05) is 13.3 Å². The van der Waals surface area contributed by atoms with E-state index in [2.05, 4.69) is 22.0 Å². The standard InChI is InChI=1S/C16H32N4O2/c1-4-7-8-17-15(21)13-18-9-11-19(12-10-18)14-16(22)20(5-2)6-3/h4-14H2,1-3H3,(H,17,21). The maximum absolute atomic E-state index is 12.1. The number of carbonyl (C=O) groups excluding carboxylic acids is 2. The lowest BCUT2D eigenvalue weighted by Gasteiger charge is -2.34. The second kappa shape index (κ2) is 10.6. The quantitative estimate of drug-likeness (QED) is 0.626. The van der Waals surface area contributed by atoms with Gasteiger partial charge in [-0.15, -0.1) is 0 Å². The zero-order valence-electron chi connectivity index (χ0n) is 14.4. The third-order valence-electron chi connectivity index (χ3n) is 4.16. The number of piperazine rings is 1. The number of rotatable bonds is 9. The first kappa shape index (κ1) is 18.9. The van der Waals surface area contributed by atoms with Crippen LogP contribution in [0.15, 0.2) is 0 Å². The molecule has 0 aromatic rings. The van der Waals surface area contributed by atoms with Crippen molar-refractivity contribution in [3.05, 3.63) is 0 Å². The molecule has 0 bridgehead atoms. The fourth-order valence-electron chi connectivity index (χ4n) is 2.64. The molecule has 0 spiro atoms. The fourth-order valence-corrected chi connectivity index (χ4v) is 2.64. The van der Waals surface area contributed by atoms with Gasteiger partial charge in [0.05, 0.1) is 13.1 Å². The Labute approximate surface area is 134 Å². The van der Waals surface area contributed by atoms with Gasteiger partial charge in [0.2, 0.25) is 11.8 Å². The summed E-state index contributed by atoms with van der Waals surface area (Å²) in [7, 11) is 0. The van der Waals surface area contributed by atoms with Crippen LogP contribution in [0.3, 0.4) is 0 Å². The second-order valence-corrected chi connectivity index (χ2v) is 5.82. The van der Waals surface area contributed by atoms with Crippen LogP contribution in [0.25, 0.3) is 0 Å². The van der Waals surface area contributed by atoms with E-state index < -0.39 is 0 Å². The molecule has 0 aliphatic carbocycles. The summed E-state index contributed by atoms with van der Waals surface area (Å²) in [5, 5.41) is 2.95. The Morgan fingerprint density at radius 1 is 0.955 bits per heavy atom. The fraction of sp³-hybridized carbons (Fsp3) is 0.875. The summed E-state index contributed by atoms with van der Waals surface area (Å²) in [6, 6.07) is 0. The predicted octanol–water partition coefficient (Wildman–Crippen LogP) is 0.389. The Morgan fingerprint density at radius 2 is 1.50 bits per heavy atom. The monoisotopic (exact) mass is 312 g/mol. The van der Waals surface area contributed by atoms with E-state index in [1.165, 1.54) is 0 Å². The first-order chi connectivity index (χ1) is 10.6. The molecule has 6 heteroatoms. The summed E-state index contributed by atoms with van der Waals surface area (Å²) in [5.41, 5.74) is 0. The molecule has 1 aliphatic heterocycles. The highest BCUT2D eigenvalue weighted by Crippen LogP contribution is 2.02. The lowest BCUT2D eigenvalue weighted by atomic mass is 10.3. The Kier molecular flexibility index (Phi) is 9.08. The van der Waals surface area contributed by atoms with Crippen LogP contribution >= 0.6 is 0 Å². The lowest BCUT2D eigenvalue weighted by Crippen LogP contribution is -2.52. The zero-order valence-corrected chi connectivity index (χ0v) is 14.4. The molecule has 1 fully saturated rings. The molecule has 1 aliphatic rings. The first-order valence-corrected chi connectivity index (χ1v) is 8.59. The molecule has 0 unspecified atom stereocenters. The van der Waals surface area contributed by atoms with Gasteiger partial charge < -0.3 is 10.2 Å². The van der Waals surface area contributed by atoms with E-state index in [4.69, 9.17) is 0 Å². The van der Waals surface area contributed by atoms with Gasteiger partial charge in [-0.3, -0.25) is 19.4 Å². The van der Waals surface area contributed by atoms with Crippen LogP contribution in [0.4, 0.5) is 0 Å². The zero-order chi connectivity index (χ0) is 16.4. The molecule has 0 atom stereocenters. The van der Waals surface area contributed by atoms with Crippen molar-refractivity contribution in [2.45, 2.75) is 33.6 Å². The van der Waals surface area contributed by atoms with Crippen LogP contribution in [0.2, 0.25) is 0 Å². The van der Waals surface area contributed by atoms with E-state index in [0.717, 1.165) is 58.7 Å². The smallest absolute Gasteiger partial charge is 0.236 e. The minimum absolute atomic E-state index is 0.112. The number of nitrogens with zero attached hydrogens (tertiary/aromatic N) is 3. The summed E-state index contributed by atoms with van der Waals surface area (Å²) in [6.07, 6.45) is 2.13. The molecule has 1 saturated heterocycles. The molecule has 6 nitrogen and oxygen atoms in total. The largest absolute Gasteiger partial charge is 0.355 e. The van der Waals surface area contributed by atoms with Gasteiger partial charge in [-0.25, -0.2) is 0 Å². The van der Waals surface area contributed by atoms with E-state index in [-0.39, 0.29) is 11.8 Å². The maximum atomic E-state index is 12.1. The van der Waals surface area contributed by atoms with Crippen molar-refractivity contribution in [2.75, 3.05) is 58.9 Å². The SMILES string of the molecule is CCCCNC(=O)CN1CCN(CC(=O)N(CC)CC)CC1. The van der Waals surface area contributed by atoms with Crippen LogP contribution in [-0.4, -0.2) is 85.4 Å². The summed E-state index contributed by atoms with van der Waals surface area (Å²) in [4.78, 5) is 30.1. The summed E-state index contributed by atoms with van der Waals surface area (Å²) < 4.78 is 0. The van der Waals surface area contributed by atoms with Crippen LogP contribution in [-0.2, 0) is 9.59 Å². The molecule has 2 amide bonds. The molecule has 22 heavy (non-hydrogen) atoms. The van der Waals surface area contributed by atoms with Gasteiger partial charge in [0.1, 0.15) is 0 Å². The molecule has 1 heterocycles. The van der Waals surface area contributed by atoms with E-state index in [9.17, 15) is 9.59 Å². The number of carbonyl (C=O) groups is 2.